The standard InChI is InChI=1S/C9H12FN.C2H6/c1-9(2,3)8-5-4-7(10)6-11-8;1-2/h4-6H,1-3H3;1-2H3. The fraction of sp³-hybridized carbons (Fsp3) is 0.545. The van der Waals surface area contributed by atoms with Crippen LogP contribution < -0.4 is 0 Å². The minimum atomic E-state index is -0.280. The molecule has 0 unspecified atom stereocenters. The summed E-state index contributed by atoms with van der Waals surface area (Å²) in [5.41, 5.74) is 0.923. The van der Waals surface area contributed by atoms with Crippen molar-refractivity contribution < 1.29 is 4.39 Å². The van der Waals surface area contributed by atoms with E-state index in [-0.39, 0.29) is 11.2 Å². The molecule has 2 heteroatoms. The molecular formula is C11H18FN. The van der Waals surface area contributed by atoms with Gasteiger partial charge in [0.25, 0.3) is 0 Å². The molecule has 0 saturated heterocycles. The highest BCUT2D eigenvalue weighted by Gasteiger charge is 2.14. The van der Waals surface area contributed by atoms with Crippen LogP contribution in [-0.4, -0.2) is 4.98 Å². The van der Waals surface area contributed by atoms with Gasteiger partial charge < -0.3 is 0 Å². The van der Waals surface area contributed by atoms with Gasteiger partial charge >= 0.3 is 0 Å². The molecule has 0 N–H and O–H groups in total. The van der Waals surface area contributed by atoms with Crippen molar-refractivity contribution in [2.45, 2.75) is 40.0 Å². The number of hydrogen-bond donors (Lipinski definition) is 0. The number of rotatable bonds is 0. The summed E-state index contributed by atoms with van der Waals surface area (Å²) >= 11 is 0. The Balaban J connectivity index is 0.000000671. The quantitative estimate of drug-likeness (QED) is 0.599. The first-order chi connectivity index (χ1) is 6.00. The van der Waals surface area contributed by atoms with Crippen molar-refractivity contribution in [1.29, 1.82) is 0 Å². The molecule has 0 aliphatic carbocycles. The van der Waals surface area contributed by atoms with Gasteiger partial charge in [-0.15, -0.1) is 0 Å². The van der Waals surface area contributed by atoms with Crippen LogP contribution >= 0.6 is 0 Å². The molecule has 1 aromatic heterocycles. The van der Waals surface area contributed by atoms with Gasteiger partial charge in [-0.25, -0.2) is 4.39 Å². The molecule has 1 rings (SSSR count). The van der Waals surface area contributed by atoms with Gasteiger partial charge in [0.2, 0.25) is 0 Å². The van der Waals surface area contributed by atoms with Crippen LogP contribution in [0.25, 0.3) is 0 Å². The largest absolute Gasteiger partial charge is 0.258 e. The summed E-state index contributed by atoms with van der Waals surface area (Å²) in [5, 5.41) is 0. The number of hydrogen-bond acceptors (Lipinski definition) is 1. The molecule has 1 heterocycles. The van der Waals surface area contributed by atoms with Crippen molar-refractivity contribution in [2.75, 3.05) is 0 Å². The fourth-order valence-corrected chi connectivity index (χ4v) is 0.819. The van der Waals surface area contributed by atoms with Crippen molar-refractivity contribution >= 4 is 0 Å². The van der Waals surface area contributed by atoms with Crippen LogP contribution in [0.2, 0.25) is 0 Å². The average molecular weight is 183 g/mol. The van der Waals surface area contributed by atoms with Crippen LogP contribution in [0.5, 0.6) is 0 Å². The molecule has 0 saturated carbocycles. The zero-order valence-corrected chi connectivity index (χ0v) is 9.06. The highest BCUT2D eigenvalue weighted by molar-refractivity contribution is 5.13. The van der Waals surface area contributed by atoms with E-state index in [0.29, 0.717) is 0 Å². The Morgan fingerprint density at radius 1 is 1.15 bits per heavy atom. The van der Waals surface area contributed by atoms with E-state index in [2.05, 4.69) is 4.98 Å². The predicted octanol–water partition coefficient (Wildman–Crippen LogP) is 3.54. The first-order valence-corrected chi connectivity index (χ1v) is 4.62. The Morgan fingerprint density at radius 3 is 2.00 bits per heavy atom. The second-order valence-electron chi connectivity index (χ2n) is 3.61. The Hall–Kier alpha value is -0.920. The first-order valence-electron chi connectivity index (χ1n) is 4.62. The maximum atomic E-state index is 12.4. The maximum Gasteiger partial charge on any atom is 0.141 e. The van der Waals surface area contributed by atoms with E-state index in [1.54, 1.807) is 6.07 Å². The highest BCUT2D eigenvalue weighted by atomic mass is 19.1. The summed E-state index contributed by atoms with van der Waals surface area (Å²) in [6.07, 6.45) is 1.25. The Bertz CT molecular complexity index is 233. The summed E-state index contributed by atoms with van der Waals surface area (Å²) in [6, 6.07) is 3.16. The molecule has 0 bridgehead atoms. The summed E-state index contributed by atoms with van der Waals surface area (Å²) in [4.78, 5) is 3.97. The molecule has 0 aliphatic rings. The van der Waals surface area contributed by atoms with E-state index >= 15 is 0 Å². The van der Waals surface area contributed by atoms with Crippen LogP contribution in [0.3, 0.4) is 0 Å². The van der Waals surface area contributed by atoms with E-state index in [1.165, 1.54) is 12.3 Å². The van der Waals surface area contributed by atoms with E-state index < -0.39 is 0 Å². The third kappa shape index (κ3) is 4.02. The van der Waals surface area contributed by atoms with Crippen LogP contribution in [0, 0.1) is 5.82 Å². The molecule has 13 heavy (non-hydrogen) atoms. The summed E-state index contributed by atoms with van der Waals surface area (Å²) < 4.78 is 12.4. The molecule has 74 valence electrons. The number of halogens is 1. The molecule has 0 aromatic carbocycles. The lowest BCUT2D eigenvalue weighted by Gasteiger charge is -2.16. The number of aromatic nitrogens is 1. The molecule has 0 spiro atoms. The first kappa shape index (κ1) is 12.1. The van der Waals surface area contributed by atoms with Crippen LogP contribution in [-0.2, 0) is 5.41 Å². The van der Waals surface area contributed by atoms with E-state index in [4.69, 9.17) is 0 Å². The molecule has 0 aliphatic heterocycles. The van der Waals surface area contributed by atoms with Crippen molar-refractivity contribution in [2.24, 2.45) is 0 Å². The van der Waals surface area contributed by atoms with E-state index in [1.807, 2.05) is 34.6 Å². The second kappa shape index (κ2) is 4.95. The second-order valence-corrected chi connectivity index (χ2v) is 3.61. The lowest BCUT2D eigenvalue weighted by atomic mass is 9.92. The third-order valence-corrected chi connectivity index (χ3v) is 1.50. The van der Waals surface area contributed by atoms with E-state index in [0.717, 1.165) is 5.69 Å². The Kier molecular flexibility index (Phi) is 4.60. The zero-order valence-electron chi connectivity index (χ0n) is 9.06. The van der Waals surface area contributed by atoms with Crippen molar-refractivity contribution in [1.82, 2.24) is 4.98 Å². The zero-order chi connectivity index (χ0) is 10.5. The monoisotopic (exact) mass is 183 g/mol. The van der Waals surface area contributed by atoms with Crippen LogP contribution in [0.1, 0.15) is 40.3 Å². The minimum absolute atomic E-state index is 0.00764. The van der Waals surface area contributed by atoms with Gasteiger partial charge in [0.15, 0.2) is 0 Å². The molecule has 0 atom stereocenters. The predicted molar refractivity (Wildman–Crippen MR) is 54.2 cm³/mol. The minimum Gasteiger partial charge on any atom is -0.258 e. The van der Waals surface area contributed by atoms with Gasteiger partial charge in [0.05, 0.1) is 6.20 Å². The normalized spacial score (nSPS) is 10.3. The lowest BCUT2D eigenvalue weighted by molar-refractivity contribution is 0.557. The van der Waals surface area contributed by atoms with E-state index in [9.17, 15) is 4.39 Å². The molecule has 0 radical (unpaired) electrons. The fourth-order valence-electron chi connectivity index (χ4n) is 0.819. The topological polar surface area (TPSA) is 12.9 Å². The smallest absolute Gasteiger partial charge is 0.141 e. The molecule has 1 aromatic rings. The van der Waals surface area contributed by atoms with Crippen molar-refractivity contribution in [3.05, 3.63) is 29.8 Å². The van der Waals surface area contributed by atoms with Crippen LogP contribution in [0.15, 0.2) is 18.3 Å². The van der Waals surface area contributed by atoms with Gasteiger partial charge in [-0.1, -0.05) is 34.6 Å². The van der Waals surface area contributed by atoms with Crippen molar-refractivity contribution in [3.63, 3.8) is 0 Å². The molecule has 0 fully saturated rings. The van der Waals surface area contributed by atoms with Gasteiger partial charge in [-0.3, -0.25) is 4.98 Å². The Labute approximate surface area is 80.0 Å². The summed E-state index contributed by atoms with van der Waals surface area (Å²) in [7, 11) is 0. The SMILES string of the molecule is CC.CC(C)(C)c1ccc(F)cn1. The molecule has 1 nitrogen and oxygen atoms in total. The summed E-state index contributed by atoms with van der Waals surface area (Å²) in [6.45, 7) is 10.1. The number of nitrogens with zero attached hydrogens (tertiary/aromatic N) is 1. The Morgan fingerprint density at radius 2 is 1.69 bits per heavy atom. The van der Waals surface area contributed by atoms with Gasteiger partial charge in [-0.2, -0.15) is 0 Å². The lowest BCUT2D eigenvalue weighted by Crippen LogP contribution is -2.12. The third-order valence-electron chi connectivity index (χ3n) is 1.50. The van der Waals surface area contributed by atoms with Gasteiger partial charge in [0, 0.05) is 11.1 Å². The highest BCUT2D eigenvalue weighted by Crippen LogP contribution is 2.18. The molecular weight excluding hydrogens is 165 g/mol. The number of pyridine rings is 1. The maximum absolute atomic E-state index is 12.4. The molecule has 0 amide bonds. The summed E-state index contributed by atoms with van der Waals surface area (Å²) in [5.74, 6) is -0.280. The van der Waals surface area contributed by atoms with Gasteiger partial charge in [-0.05, 0) is 12.1 Å². The average Bonchev–Trinajstić information content (AvgIpc) is 2.07. The van der Waals surface area contributed by atoms with Gasteiger partial charge in [0.1, 0.15) is 5.82 Å². The van der Waals surface area contributed by atoms with Crippen LogP contribution in [0.4, 0.5) is 4.39 Å². The van der Waals surface area contributed by atoms with Crippen molar-refractivity contribution in [3.8, 4) is 0 Å².